The number of nitrogens with zero attached hydrogens (tertiary/aromatic N) is 4. The van der Waals surface area contributed by atoms with Gasteiger partial charge in [0.25, 0.3) is 0 Å². The zero-order chi connectivity index (χ0) is 29.0. The van der Waals surface area contributed by atoms with E-state index >= 15 is 0 Å². The van der Waals surface area contributed by atoms with Gasteiger partial charge in [-0.15, -0.1) is 11.3 Å². The maximum absolute atomic E-state index is 12.6. The molecule has 214 valence electrons. The highest BCUT2D eigenvalue weighted by atomic mass is 32.1. The molecular weight excluding hydrogens is 534 g/mol. The Morgan fingerprint density at radius 1 is 1.07 bits per heavy atom. The van der Waals surface area contributed by atoms with Crippen LogP contribution in [0, 0.1) is 6.92 Å². The van der Waals surface area contributed by atoms with Gasteiger partial charge in [-0.25, -0.2) is 19.7 Å². The summed E-state index contributed by atoms with van der Waals surface area (Å²) in [7, 11) is 0. The third-order valence-electron chi connectivity index (χ3n) is 6.99. The first-order valence-electron chi connectivity index (χ1n) is 14.0. The van der Waals surface area contributed by atoms with Gasteiger partial charge in [0.15, 0.2) is 0 Å². The molecule has 1 amide bonds. The number of ether oxygens (including phenoxy) is 1. The molecule has 4 aromatic rings. The normalized spacial score (nSPS) is 15.0. The van der Waals surface area contributed by atoms with Gasteiger partial charge in [-0.05, 0) is 51.8 Å². The Morgan fingerprint density at radius 2 is 1.83 bits per heavy atom. The van der Waals surface area contributed by atoms with Gasteiger partial charge in [0, 0.05) is 44.2 Å². The lowest BCUT2D eigenvalue weighted by molar-refractivity contribution is -0.0356. The van der Waals surface area contributed by atoms with Crippen molar-refractivity contribution in [2.45, 2.75) is 58.2 Å². The Kier molecular flexibility index (Phi) is 8.37. The van der Waals surface area contributed by atoms with Gasteiger partial charge in [-0.3, -0.25) is 0 Å². The molecule has 0 atom stereocenters. The fraction of sp³-hybridized carbons (Fsp3) is 0.375. The van der Waals surface area contributed by atoms with Gasteiger partial charge in [0.1, 0.15) is 16.2 Å². The van der Waals surface area contributed by atoms with Gasteiger partial charge in [0.05, 0.1) is 16.3 Å². The molecule has 1 saturated heterocycles. The van der Waals surface area contributed by atoms with Gasteiger partial charge in [0.2, 0.25) is 5.95 Å². The maximum Gasteiger partial charge on any atom is 0.410 e. The van der Waals surface area contributed by atoms with Crippen LogP contribution >= 0.6 is 11.3 Å². The third kappa shape index (κ3) is 7.10. The third-order valence-corrected chi connectivity index (χ3v) is 8.26. The number of hydrogen-bond donors (Lipinski definition) is 2. The summed E-state index contributed by atoms with van der Waals surface area (Å²) in [6.45, 7) is 9.10. The van der Waals surface area contributed by atoms with Crippen LogP contribution in [0.2, 0.25) is 0 Å². The highest BCUT2D eigenvalue weighted by molar-refractivity contribution is 7.15. The molecule has 1 aliphatic heterocycles. The zero-order valence-corrected chi connectivity index (χ0v) is 24.9. The smallest absolute Gasteiger partial charge is 0.410 e. The molecule has 5 rings (SSSR count). The van der Waals surface area contributed by atoms with Crippen LogP contribution in [0.3, 0.4) is 0 Å². The van der Waals surface area contributed by atoms with Crippen molar-refractivity contribution in [3.63, 3.8) is 0 Å². The van der Waals surface area contributed by atoms with Crippen molar-refractivity contribution in [3.05, 3.63) is 83.0 Å². The van der Waals surface area contributed by atoms with Crippen molar-refractivity contribution >= 4 is 23.4 Å². The van der Waals surface area contributed by atoms with Crippen LogP contribution in [0.4, 0.5) is 10.7 Å². The molecule has 0 saturated carbocycles. The molecule has 0 spiro atoms. The summed E-state index contributed by atoms with van der Waals surface area (Å²) < 4.78 is 5.54. The lowest BCUT2D eigenvalue weighted by Crippen LogP contribution is -2.46. The Bertz CT molecular complexity index is 1490. The quantitative estimate of drug-likeness (QED) is 0.263. The summed E-state index contributed by atoms with van der Waals surface area (Å²) in [5.41, 5.74) is 3.15. The van der Waals surface area contributed by atoms with Gasteiger partial charge < -0.3 is 20.1 Å². The molecule has 1 aliphatic rings. The minimum absolute atomic E-state index is 0.354. The summed E-state index contributed by atoms with van der Waals surface area (Å²) >= 11 is 1.45. The lowest BCUT2D eigenvalue weighted by atomic mass is 9.92. The summed E-state index contributed by atoms with van der Waals surface area (Å²) in [5.74, 6) is 0.549. The summed E-state index contributed by atoms with van der Waals surface area (Å²) in [4.78, 5) is 29.4. The molecule has 2 aromatic carbocycles. The molecule has 1 fully saturated rings. The highest BCUT2D eigenvalue weighted by Crippen LogP contribution is 2.43. The van der Waals surface area contributed by atoms with Gasteiger partial charge in [-0.1, -0.05) is 54.1 Å². The maximum atomic E-state index is 12.6. The number of aryl methyl sites for hydroxylation is 1. The molecule has 2 aromatic heterocycles. The number of anilines is 1. The van der Waals surface area contributed by atoms with Crippen LogP contribution in [0.5, 0.6) is 0 Å². The Balaban J connectivity index is 1.40. The van der Waals surface area contributed by atoms with Crippen molar-refractivity contribution in [3.8, 4) is 21.8 Å². The lowest BCUT2D eigenvalue weighted by Gasteiger charge is -2.37. The van der Waals surface area contributed by atoms with Crippen LogP contribution in [0.15, 0.2) is 66.9 Å². The van der Waals surface area contributed by atoms with E-state index in [0.717, 1.165) is 33.8 Å². The molecule has 0 bridgehead atoms. The van der Waals surface area contributed by atoms with E-state index in [4.69, 9.17) is 14.7 Å². The SMILES string of the molecule is Cc1cccc(-c2nc(C3(O)CCN(C(=O)OC(C)(C)C)CC3)sc2-c2ccnc(NCCc3ccccc3)n2)c1. The topological polar surface area (TPSA) is 100 Å². The molecule has 3 heterocycles. The molecule has 9 heteroatoms. The summed E-state index contributed by atoms with van der Waals surface area (Å²) in [6, 6.07) is 20.4. The van der Waals surface area contributed by atoms with Crippen molar-refractivity contribution < 1.29 is 14.6 Å². The molecule has 0 unspecified atom stereocenters. The minimum Gasteiger partial charge on any atom is -0.444 e. The van der Waals surface area contributed by atoms with E-state index in [1.165, 1.54) is 16.9 Å². The summed E-state index contributed by atoms with van der Waals surface area (Å²) in [6.07, 6.45) is 3.01. The predicted octanol–water partition coefficient (Wildman–Crippen LogP) is 6.45. The standard InChI is InChI=1S/C32H37N5O3S/c1-22-9-8-12-24(21-22)26-27(25-14-18-34-29(35-25)33-17-13-23-10-6-5-7-11-23)41-28(36-26)32(39)15-19-37(20-16-32)30(38)40-31(2,3)4/h5-12,14,18,21,39H,13,15-17,19-20H2,1-4H3,(H,33,34,35). The Hall–Kier alpha value is -3.82. The number of piperidine rings is 1. The van der Waals surface area contributed by atoms with E-state index < -0.39 is 11.2 Å². The minimum atomic E-state index is -1.15. The van der Waals surface area contributed by atoms with Crippen LogP contribution < -0.4 is 5.32 Å². The number of amides is 1. The first-order chi connectivity index (χ1) is 19.6. The largest absolute Gasteiger partial charge is 0.444 e. The average molecular weight is 572 g/mol. The molecular formula is C32H37N5O3S. The van der Waals surface area contributed by atoms with Gasteiger partial charge >= 0.3 is 6.09 Å². The monoisotopic (exact) mass is 571 g/mol. The number of carbonyl (C=O) groups excluding carboxylic acids is 1. The average Bonchev–Trinajstić information content (AvgIpc) is 3.40. The number of likely N-dealkylation sites (tertiary alicyclic amines) is 1. The van der Waals surface area contributed by atoms with E-state index in [0.29, 0.717) is 43.4 Å². The summed E-state index contributed by atoms with van der Waals surface area (Å²) in [5, 5.41) is 15.7. The Labute approximate surface area is 245 Å². The fourth-order valence-corrected chi connectivity index (χ4v) is 6.02. The van der Waals surface area contributed by atoms with Crippen molar-refractivity contribution in [1.29, 1.82) is 0 Å². The van der Waals surface area contributed by atoms with Crippen molar-refractivity contribution in [1.82, 2.24) is 19.9 Å². The predicted molar refractivity (Wildman–Crippen MR) is 163 cm³/mol. The number of rotatable bonds is 7. The van der Waals surface area contributed by atoms with Crippen molar-refractivity contribution in [2.75, 3.05) is 25.0 Å². The number of thiazole rings is 1. The molecule has 0 radical (unpaired) electrons. The second-order valence-corrected chi connectivity index (χ2v) is 12.5. The van der Waals surface area contributed by atoms with E-state index in [2.05, 4.69) is 41.5 Å². The number of hydrogen-bond acceptors (Lipinski definition) is 8. The number of nitrogens with one attached hydrogen (secondary N) is 1. The Morgan fingerprint density at radius 3 is 2.54 bits per heavy atom. The zero-order valence-electron chi connectivity index (χ0n) is 24.1. The van der Waals surface area contributed by atoms with Crippen LogP contribution in [0.1, 0.15) is 49.7 Å². The van der Waals surface area contributed by atoms with E-state index in [-0.39, 0.29) is 6.09 Å². The van der Waals surface area contributed by atoms with Crippen LogP contribution in [-0.4, -0.2) is 56.3 Å². The first-order valence-corrected chi connectivity index (χ1v) is 14.8. The number of benzene rings is 2. The fourth-order valence-electron chi connectivity index (χ4n) is 4.81. The molecule has 0 aliphatic carbocycles. The van der Waals surface area contributed by atoms with Crippen LogP contribution in [-0.2, 0) is 16.8 Å². The first kappa shape index (κ1) is 28.7. The highest BCUT2D eigenvalue weighted by Gasteiger charge is 2.40. The molecule has 41 heavy (non-hydrogen) atoms. The van der Waals surface area contributed by atoms with E-state index in [9.17, 15) is 9.90 Å². The number of aliphatic hydroxyl groups is 1. The van der Waals surface area contributed by atoms with Crippen molar-refractivity contribution in [2.24, 2.45) is 0 Å². The van der Waals surface area contributed by atoms with Crippen LogP contribution in [0.25, 0.3) is 21.8 Å². The number of aromatic nitrogens is 3. The van der Waals surface area contributed by atoms with Gasteiger partial charge in [-0.2, -0.15) is 0 Å². The number of carbonyl (C=O) groups is 1. The van der Waals surface area contributed by atoms with E-state index in [1.54, 1.807) is 11.1 Å². The van der Waals surface area contributed by atoms with E-state index in [1.807, 2.05) is 57.2 Å². The second kappa shape index (κ2) is 12.0. The second-order valence-electron chi connectivity index (χ2n) is 11.5. The molecule has 2 N–H and O–H groups in total. The molecule has 8 nitrogen and oxygen atoms in total.